The van der Waals surface area contributed by atoms with Crippen LogP contribution < -0.4 is 5.73 Å². The van der Waals surface area contributed by atoms with Crippen LogP contribution in [0, 0.1) is 11.7 Å². The molecule has 4 heteroatoms. The van der Waals surface area contributed by atoms with E-state index < -0.39 is 0 Å². The highest BCUT2D eigenvalue weighted by Gasteiger charge is 1.95. The van der Waals surface area contributed by atoms with Crippen LogP contribution in [0.5, 0.6) is 0 Å². The number of aromatic amines is 1. The van der Waals surface area contributed by atoms with Gasteiger partial charge in [0, 0.05) is 11.9 Å². The SMILES string of the molecule is Cc1[nH]c(=S)ncc1CCN. The molecule has 0 amide bonds. The predicted octanol–water partition coefficient (Wildman–Crippen LogP) is 0.949. The summed E-state index contributed by atoms with van der Waals surface area (Å²) in [5, 5.41) is 0. The Labute approximate surface area is 70.7 Å². The summed E-state index contributed by atoms with van der Waals surface area (Å²) in [6, 6.07) is 0. The topological polar surface area (TPSA) is 54.7 Å². The number of hydrogen-bond donors (Lipinski definition) is 2. The molecule has 0 radical (unpaired) electrons. The maximum absolute atomic E-state index is 5.40. The first kappa shape index (κ1) is 8.36. The van der Waals surface area contributed by atoms with Gasteiger partial charge < -0.3 is 10.7 Å². The van der Waals surface area contributed by atoms with Gasteiger partial charge in [0.1, 0.15) is 0 Å². The van der Waals surface area contributed by atoms with Crippen LogP contribution >= 0.6 is 12.2 Å². The van der Waals surface area contributed by atoms with Gasteiger partial charge in [-0.25, -0.2) is 4.98 Å². The summed E-state index contributed by atoms with van der Waals surface area (Å²) in [5.74, 6) is 0. The van der Waals surface area contributed by atoms with Crippen LogP contribution in [-0.4, -0.2) is 16.5 Å². The Hall–Kier alpha value is -0.740. The van der Waals surface area contributed by atoms with E-state index in [9.17, 15) is 0 Å². The van der Waals surface area contributed by atoms with E-state index in [-0.39, 0.29) is 0 Å². The molecule has 0 atom stereocenters. The lowest BCUT2D eigenvalue weighted by Crippen LogP contribution is -2.05. The average molecular weight is 169 g/mol. The Morgan fingerprint density at radius 3 is 3.00 bits per heavy atom. The van der Waals surface area contributed by atoms with Crippen molar-refractivity contribution in [2.45, 2.75) is 13.3 Å². The van der Waals surface area contributed by atoms with E-state index in [0.717, 1.165) is 17.7 Å². The highest BCUT2D eigenvalue weighted by atomic mass is 32.1. The Morgan fingerprint density at radius 2 is 2.45 bits per heavy atom. The number of rotatable bonds is 2. The number of nitrogens with one attached hydrogen (secondary N) is 1. The number of hydrogen-bond acceptors (Lipinski definition) is 3. The van der Waals surface area contributed by atoms with Crippen LogP contribution in [0.2, 0.25) is 0 Å². The van der Waals surface area contributed by atoms with Gasteiger partial charge in [-0.1, -0.05) is 0 Å². The molecule has 0 saturated heterocycles. The van der Waals surface area contributed by atoms with E-state index in [0.29, 0.717) is 11.3 Å². The van der Waals surface area contributed by atoms with Crippen LogP contribution in [0.3, 0.4) is 0 Å². The van der Waals surface area contributed by atoms with Crippen molar-refractivity contribution in [3.8, 4) is 0 Å². The van der Waals surface area contributed by atoms with Crippen LogP contribution in [0.15, 0.2) is 6.20 Å². The van der Waals surface area contributed by atoms with Crippen LogP contribution in [0.4, 0.5) is 0 Å². The van der Waals surface area contributed by atoms with E-state index in [1.807, 2.05) is 6.92 Å². The lowest BCUT2D eigenvalue weighted by atomic mass is 10.2. The smallest absolute Gasteiger partial charge is 0.196 e. The fourth-order valence-electron chi connectivity index (χ4n) is 0.914. The van der Waals surface area contributed by atoms with Crippen molar-refractivity contribution in [1.29, 1.82) is 0 Å². The molecule has 1 heterocycles. The van der Waals surface area contributed by atoms with Gasteiger partial charge in [0.05, 0.1) is 0 Å². The maximum atomic E-state index is 5.40. The molecular formula is C7H11N3S. The standard InChI is InChI=1S/C7H11N3S/c1-5-6(2-3-8)4-9-7(11)10-5/h4H,2-3,8H2,1H3,(H,9,10,11). The normalized spacial score (nSPS) is 10.0. The minimum Gasteiger partial charge on any atom is -0.335 e. The molecule has 0 aromatic carbocycles. The van der Waals surface area contributed by atoms with Gasteiger partial charge in [-0.3, -0.25) is 0 Å². The molecule has 0 unspecified atom stereocenters. The van der Waals surface area contributed by atoms with Crippen molar-refractivity contribution < 1.29 is 0 Å². The molecule has 3 N–H and O–H groups in total. The van der Waals surface area contributed by atoms with E-state index in [4.69, 9.17) is 18.0 Å². The fraction of sp³-hybridized carbons (Fsp3) is 0.429. The second kappa shape index (κ2) is 3.59. The quantitative estimate of drug-likeness (QED) is 0.648. The molecule has 0 saturated carbocycles. The first-order valence-electron chi connectivity index (χ1n) is 3.49. The van der Waals surface area contributed by atoms with Gasteiger partial charge in [0.15, 0.2) is 4.77 Å². The predicted molar refractivity (Wildman–Crippen MR) is 46.9 cm³/mol. The highest BCUT2D eigenvalue weighted by Crippen LogP contribution is 2.01. The Balaban J connectivity index is 2.99. The highest BCUT2D eigenvalue weighted by molar-refractivity contribution is 7.71. The van der Waals surface area contributed by atoms with E-state index in [1.165, 1.54) is 0 Å². The van der Waals surface area contributed by atoms with Gasteiger partial charge in [0.25, 0.3) is 0 Å². The monoisotopic (exact) mass is 169 g/mol. The first-order chi connectivity index (χ1) is 5.24. The van der Waals surface area contributed by atoms with Crippen molar-refractivity contribution in [3.63, 3.8) is 0 Å². The molecule has 0 fully saturated rings. The fourth-order valence-corrected chi connectivity index (χ4v) is 1.12. The number of H-pyrrole nitrogens is 1. The maximum Gasteiger partial charge on any atom is 0.196 e. The molecule has 11 heavy (non-hydrogen) atoms. The largest absolute Gasteiger partial charge is 0.335 e. The van der Waals surface area contributed by atoms with Crippen molar-refractivity contribution in [2.75, 3.05) is 6.54 Å². The summed E-state index contributed by atoms with van der Waals surface area (Å²) in [7, 11) is 0. The Kier molecular flexibility index (Phi) is 2.73. The first-order valence-corrected chi connectivity index (χ1v) is 3.89. The average Bonchev–Trinajstić information content (AvgIpc) is 1.95. The third-order valence-electron chi connectivity index (χ3n) is 1.53. The number of aryl methyl sites for hydroxylation is 1. The second-order valence-corrected chi connectivity index (χ2v) is 2.76. The van der Waals surface area contributed by atoms with Gasteiger partial charge in [-0.05, 0) is 37.7 Å². The summed E-state index contributed by atoms with van der Waals surface area (Å²) in [6.07, 6.45) is 2.63. The number of nitrogens with two attached hydrogens (primary N) is 1. The zero-order chi connectivity index (χ0) is 8.27. The molecule has 0 spiro atoms. The molecule has 60 valence electrons. The molecule has 0 aliphatic carbocycles. The Morgan fingerprint density at radius 1 is 1.73 bits per heavy atom. The molecule has 1 aromatic rings. The van der Waals surface area contributed by atoms with Crippen LogP contribution in [0.1, 0.15) is 11.3 Å². The van der Waals surface area contributed by atoms with E-state index >= 15 is 0 Å². The van der Waals surface area contributed by atoms with Crippen LogP contribution in [0.25, 0.3) is 0 Å². The van der Waals surface area contributed by atoms with Gasteiger partial charge in [-0.2, -0.15) is 0 Å². The van der Waals surface area contributed by atoms with Gasteiger partial charge in [0.2, 0.25) is 0 Å². The molecular weight excluding hydrogens is 158 g/mol. The minimum absolute atomic E-state index is 0.531. The van der Waals surface area contributed by atoms with Gasteiger partial charge in [-0.15, -0.1) is 0 Å². The number of nitrogens with zero attached hydrogens (tertiary/aromatic N) is 1. The van der Waals surface area contributed by atoms with Crippen molar-refractivity contribution >= 4 is 12.2 Å². The van der Waals surface area contributed by atoms with E-state index in [1.54, 1.807) is 6.20 Å². The lowest BCUT2D eigenvalue weighted by molar-refractivity contribution is 0.912. The van der Waals surface area contributed by atoms with E-state index in [2.05, 4.69) is 9.97 Å². The summed E-state index contributed by atoms with van der Waals surface area (Å²) in [4.78, 5) is 6.93. The summed E-state index contributed by atoms with van der Waals surface area (Å²) in [6.45, 7) is 2.62. The molecule has 1 rings (SSSR count). The van der Waals surface area contributed by atoms with Gasteiger partial charge >= 0.3 is 0 Å². The molecule has 3 nitrogen and oxygen atoms in total. The molecule has 0 bridgehead atoms. The lowest BCUT2D eigenvalue weighted by Gasteiger charge is -2.01. The molecule has 0 aliphatic heterocycles. The van der Waals surface area contributed by atoms with Crippen molar-refractivity contribution in [3.05, 3.63) is 22.2 Å². The zero-order valence-corrected chi connectivity index (χ0v) is 7.24. The molecule has 1 aromatic heterocycles. The van der Waals surface area contributed by atoms with Crippen LogP contribution in [-0.2, 0) is 6.42 Å². The summed E-state index contributed by atoms with van der Waals surface area (Å²) in [5.41, 5.74) is 7.60. The minimum atomic E-state index is 0.531. The second-order valence-electron chi connectivity index (χ2n) is 2.38. The van der Waals surface area contributed by atoms with Crippen molar-refractivity contribution in [2.24, 2.45) is 5.73 Å². The Bertz CT molecular complexity index is 292. The third-order valence-corrected chi connectivity index (χ3v) is 1.73. The zero-order valence-electron chi connectivity index (χ0n) is 6.42. The molecule has 0 aliphatic rings. The summed E-state index contributed by atoms with van der Waals surface area (Å²) >= 11 is 4.85. The summed E-state index contributed by atoms with van der Waals surface area (Å²) < 4.78 is 0.531. The number of aromatic nitrogens is 2. The third kappa shape index (κ3) is 2.10. The van der Waals surface area contributed by atoms with Crippen molar-refractivity contribution in [1.82, 2.24) is 9.97 Å².